The summed E-state index contributed by atoms with van der Waals surface area (Å²) in [5.41, 5.74) is 3.89. The quantitative estimate of drug-likeness (QED) is 0.347. The molecule has 1 aliphatic rings. The number of aryl methyl sites for hydroxylation is 1. The van der Waals surface area contributed by atoms with E-state index in [1.807, 2.05) is 0 Å². The first-order valence-electron chi connectivity index (χ1n) is 11.6. The third-order valence-corrected chi connectivity index (χ3v) is 7.89. The zero-order valence-corrected chi connectivity index (χ0v) is 19.4. The molecule has 0 N–H and O–H groups in total. The predicted octanol–water partition coefficient (Wildman–Crippen LogP) is 6.24. The number of fused-ring (bicyclic) bond motifs is 1. The van der Waals surface area contributed by atoms with Crippen LogP contribution >= 0.6 is 11.3 Å². The first-order chi connectivity index (χ1) is 15.7. The van der Waals surface area contributed by atoms with Gasteiger partial charge in [0.1, 0.15) is 0 Å². The van der Waals surface area contributed by atoms with Crippen LogP contribution < -0.4 is 0 Å². The van der Waals surface area contributed by atoms with Crippen molar-refractivity contribution in [3.8, 4) is 0 Å². The normalized spacial score (nSPS) is 15.8. The second-order valence-corrected chi connectivity index (χ2v) is 9.98. The number of hydrogen-bond acceptors (Lipinski definition) is 2. The lowest BCUT2D eigenvalue weighted by atomic mass is 9.89. The van der Waals surface area contributed by atoms with E-state index in [2.05, 4.69) is 94.8 Å². The molecule has 1 fully saturated rings. The van der Waals surface area contributed by atoms with E-state index < -0.39 is 0 Å². The molecule has 5 rings (SSSR count). The number of para-hydroxylation sites is 1. The van der Waals surface area contributed by atoms with Gasteiger partial charge in [0.2, 0.25) is 5.91 Å². The maximum atomic E-state index is 13.4. The van der Waals surface area contributed by atoms with Crippen molar-refractivity contribution in [2.24, 2.45) is 13.0 Å². The second-order valence-electron chi connectivity index (χ2n) is 9.00. The SMILES string of the molecule is Cn1cc(C(CC(=O)N2CCC(Cc3ccccc3)CC2)c2cccs2)c2ccccc21. The largest absolute Gasteiger partial charge is 0.350 e. The number of carbonyl (C=O) groups is 1. The minimum atomic E-state index is 0.107. The number of carbonyl (C=O) groups excluding carboxylic acids is 1. The van der Waals surface area contributed by atoms with Crippen LogP contribution in [0.15, 0.2) is 78.3 Å². The maximum absolute atomic E-state index is 13.4. The van der Waals surface area contributed by atoms with Crippen molar-refractivity contribution in [3.63, 3.8) is 0 Å². The summed E-state index contributed by atoms with van der Waals surface area (Å²) in [6.45, 7) is 1.76. The molecule has 3 nitrogen and oxygen atoms in total. The molecule has 1 amide bonds. The molecular formula is C28H30N2OS. The van der Waals surface area contributed by atoms with Gasteiger partial charge >= 0.3 is 0 Å². The van der Waals surface area contributed by atoms with Crippen molar-refractivity contribution in [1.29, 1.82) is 0 Å². The number of amides is 1. The van der Waals surface area contributed by atoms with E-state index in [4.69, 9.17) is 0 Å². The van der Waals surface area contributed by atoms with Gasteiger partial charge in [-0.2, -0.15) is 0 Å². The van der Waals surface area contributed by atoms with Crippen molar-refractivity contribution in [3.05, 3.63) is 94.3 Å². The number of thiophene rings is 1. The molecule has 2 aromatic heterocycles. The molecule has 1 atom stereocenters. The molecule has 0 saturated carbocycles. The Morgan fingerprint density at radius 1 is 1.00 bits per heavy atom. The summed E-state index contributed by atoms with van der Waals surface area (Å²) in [5.74, 6) is 1.07. The van der Waals surface area contributed by atoms with E-state index in [0.29, 0.717) is 12.3 Å². The Bertz CT molecular complexity index is 1170. The second kappa shape index (κ2) is 9.33. The van der Waals surface area contributed by atoms with Gasteiger partial charge in [0.05, 0.1) is 0 Å². The fourth-order valence-electron chi connectivity index (χ4n) is 5.14. The molecule has 164 valence electrons. The molecular weight excluding hydrogens is 412 g/mol. The standard InChI is InChI=1S/C28H30N2OS/c1-29-20-25(23-10-5-6-11-26(23)29)24(27-12-7-17-32-27)19-28(31)30-15-13-22(14-16-30)18-21-8-3-2-4-9-21/h2-12,17,20,22,24H,13-16,18-19H2,1H3. The minimum absolute atomic E-state index is 0.107. The first kappa shape index (κ1) is 21.0. The molecule has 4 heteroatoms. The van der Waals surface area contributed by atoms with Crippen LogP contribution in [0.1, 0.15) is 41.2 Å². The molecule has 0 aliphatic carbocycles. The molecule has 0 spiro atoms. The van der Waals surface area contributed by atoms with Crippen molar-refractivity contribution < 1.29 is 4.79 Å². The van der Waals surface area contributed by atoms with Gasteiger partial charge < -0.3 is 9.47 Å². The Hall–Kier alpha value is -2.85. The number of likely N-dealkylation sites (tertiary alicyclic amines) is 1. The molecule has 32 heavy (non-hydrogen) atoms. The Morgan fingerprint density at radius 3 is 2.50 bits per heavy atom. The van der Waals surface area contributed by atoms with Crippen LogP contribution in [0.2, 0.25) is 0 Å². The van der Waals surface area contributed by atoms with Gasteiger partial charge in [0.25, 0.3) is 0 Å². The molecule has 1 aliphatic heterocycles. The highest BCUT2D eigenvalue weighted by Crippen LogP contribution is 2.37. The Balaban J connectivity index is 1.30. The highest BCUT2D eigenvalue weighted by atomic mass is 32.1. The summed E-state index contributed by atoms with van der Waals surface area (Å²) in [5, 5.41) is 3.37. The number of nitrogens with zero attached hydrogens (tertiary/aromatic N) is 2. The van der Waals surface area contributed by atoms with Crippen molar-refractivity contribution in [2.75, 3.05) is 13.1 Å². The van der Waals surface area contributed by atoms with Gasteiger partial charge in [-0.3, -0.25) is 4.79 Å². The Kier molecular flexibility index (Phi) is 6.13. The lowest BCUT2D eigenvalue weighted by Crippen LogP contribution is -2.39. The lowest BCUT2D eigenvalue weighted by Gasteiger charge is -2.33. The number of aromatic nitrogens is 1. The highest BCUT2D eigenvalue weighted by molar-refractivity contribution is 7.10. The predicted molar refractivity (Wildman–Crippen MR) is 133 cm³/mol. The van der Waals surface area contributed by atoms with E-state index in [9.17, 15) is 4.79 Å². The lowest BCUT2D eigenvalue weighted by molar-refractivity contribution is -0.132. The van der Waals surface area contributed by atoms with E-state index in [1.165, 1.54) is 26.9 Å². The highest BCUT2D eigenvalue weighted by Gasteiger charge is 2.28. The summed E-state index contributed by atoms with van der Waals surface area (Å²) in [6.07, 6.45) is 6.07. The van der Waals surface area contributed by atoms with Crippen molar-refractivity contribution in [2.45, 2.75) is 31.6 Å². The zero-order chi connectivity index (χ0) is 21.9. The van der Waals surface area contributed by atoms with E-state index >= 15 is 0 Å². The van der Waals surface area contributed by atoms with E-state index in [1.54, 1.807) is 11.3 Å². The number of piperidine rings is 1. The van der Waals surface area contributed by atoms with Crippen LogP contribution in [0, 0.1) is 5.92 Å². The van der Waals surface area contributed by atoms with Crippen molar-refractivity contribution >= 4 is 28.1 Å². The average molecular weight is 443 g/mol. The zero-order valence-electron chi connectivity index (χ0n) is 18.6. The van der Waals surface area contributed by atoms with Gasteiger partial charge in [0.15, 0.2) is 0 Å². The first-order valence-corrected chi connectivity index (χ1v) is 12.5. The summed E-state index contributed by atoms with van der Waals surface area (Å²) in [6, 6.07) is 23.5. The summed E-state index contributed by atoms with van der Waals surface area (Å²) >= 11 is 1.75. The van der Waals surface area contributed by atoms with Crippen molar-refractivity contribution in [1.82, 2.24) is 9.47 Å². The Morgan fingerprint density at radius 2 is 1.75 bits per heavy atom. The Labute approximate surface area is 194 Å². The topological polar surface area (TPSA) is 25.2 Å². The van der Waals surface area contributed by atoms with Crippen LogP contribution in [0.25, 0.3) is 10.9 Å². The van der Waals surface area contributed by atoms with Crippen LogP contribution in [0.5, 0.6) is 0 Å². The van der Waals surface area contributed by atoms with E-state index in [-0.39, 0.29) is 11.8 Å². The fraction of sp³-hybridized carbons (Fsp3) is 0.321. The number of benzene rings is 2. The molecule has 0 radical (unpaired) electrons. The van der Waals surface area contributed by atoms with Crippen LogP contribution in [-0.4, -0.2) is 28.5 Å². The van der Waals surface area contributed by atoms with E-state index in [0.717, 1.165) is 32.4 Å². The average Bonchev–Trinajstić information content (AvgIpc) is 3.47. The van der Waals surface area contributed by atoms with Crippen LogP contribution in [0.3, 0.4) is 0 Å². The maximum Gasteiger partial charge on any atom is 0.223 e. The third-order valence-electron chi connectivity index (χ3n) is 6.90. The molecule has 3 heterocycles. The smallest absolute Gasteiger partial charge is 0.223 e. The minimum Gasteiger partial charge on any atom is -0.350 e. The molecule has 1 unspecified atom stereocenters. The van der Waals surface area contributed by atoms with Gasteiger partial charge in [-0.1, -0.05) is 54.6 Å². The number of hydrogen-bond donors (Lipinski definition) is 0. The van der Waals surface area contributed by atoms with Gasteiger partial charge in [-0.25, -0.2) is 0 Å². The molecule has 2 aromatic carbocycles. The number of rotatable bonds is 6. The molecule has 1 saturated heterocycles. The summed E-state index contributed by atoms with van der Waals surface area (Å²) < 4.78 is 2.19. The molecule has 4 aromatic rings. The summed E-state index contributed by atoms with van der Waals surface area (Å²) in [4.78, 5) is 16.8. The fourth-order valence-corrected chi connectivity index (χ4v) is 5.99. The van der Waals surface area contributed by atoms with Crippen LogP contribution in [0.4, 0.5) is 0 Å². The summed E-state index contributed by atoms with van der Waals surface area (Å²) in [7, 11) is 2.09. The van der Waals surface area contributed by atoms with Gasteiger partial charge in [0, 0.05) is 54.5 Å². The van der Waals surface area contributed by atoms with Gasteiger partial charge in [-0.05, 0) is 53.8 Å². The van der Waals surface area contributed by atoms with Crippen LogP contribution in [-0.2, 0) is 18.3 Å². The van der Waals surface area contributed by atoms with Gasteiger partial charge in [-0.15, -0.1) is 11.3 Å². The monoisotopic (exact) mass is 442 g/mol. The molecule has 0 bridgehead atoms. The third kappa shape index (κ3) is 4.37.